The standard InChI is InChI=1S/C28H27F3N8O/c1-16(2)39-14-23(28(29,30)31)35-26(39)19-7-5-17(6-8-19)13-38(3)22-11-20(36-37-21(22)12-32)24-25(18-9-10-18)33-15-34-27(24)40-4/h5-8,11,14-16,18H,9-10,13H2,1-4H3. The van der Waals surface area contributed by atoms with Gasteiger partial charge in [0.15, 0.2) is 11.4 Å². The van der Waals surface area contributed by atoms with Crippen molar-refractivity contribution in [1.82, 2.24) is 29.7 Å². The number of hydrogen-bond acceptors (Lipinski definition) is 8. The molecular formula is C28H27F3N8O. The maximum atomic E-state index is 13.3. The number of nitriles is 1. The van der Waals surface area contributed by atoms with Gasteiger partial charge in [-0.2, -0.15) is 18.4 Å². The quantitative estimate of drug-likeness (QED) is 0.272. The van der Waals surface area contributed by atoms with E-state index in [2.05, 4.69) is 31.2 Å². The average molecular weight is 549 g/mol. The molecule has 3 heterocycles. The molecule has 9 nitrogen and oxygen atoms in total. The van der Waals surface area contributed by atoms with E-state index in [9.17, 15) is 18.4 Å². The van der Waals surface area contributed by atoms with Gasteiger partial charge in [0.2, 0.25) is 5.88 Å². The Bertz CT molecular complexity index is 1570. The predicted molar refractivity (Wildman–Crippen MR) is 141 cm³/mol. The van der Waals surface area contributed by atoms with Gasteiger partial charge in [-0.1, -0.05) is 24.3 Å². The highest BCUT2D eigenvalue weighted by Crippen LogP contribution is 2.45. The van der Waals surface area contributed by atoms with E-state index >= 15 is 0 Å². The minimum Gasteiger partial charge on any atom is -0.480 e. The summed E-state index contributed by atoms with van der Waals surface area (Å²) in [5.74, 6) is 0.957. The predicted octanol–water partition coefficient (Wildman–Crippen LogP) is 5.79. The molecule has 1 aromatic carbocycles. The third kappa shape index (κ3) is 5.32. The summed E-state index contributed by atoms with van der Waals surface area (Å²) in [7, 11) is 3.37. The molecule has 0 spiro atoms. The number of ether oxygens (including phenoxy) is 1. The number of nitrogens with zero attached hydrogens (tertiary/aromatic N) is 8. The molecule has 1 aliphatic carbocycles. The van der Waals surface area contributed by atoms with Crippen LogP contribution in [0.5, 0.6) is 5.88 Å². The highest BCUT2D eigenvalue weighted by Gasteiger charge is 2.35. The third-order valence-electron chi connectivity index (χ3n) is 6.76. The minimum atomic E-state index is -4.53. The van der Waals surface area contributed by atoms with Crippen LogP contribution >= 0.6 is 0 Å². The SMILES string of the molecule is COc1ncnc(C2CC2)c1-c1cc(N(C)Cc2ccc(-c3nc(C(F)(F)F)cn3C(C)C)cc2)c(C#N)nn1. The van der Waals surface area contributed by atoms with Crippen molar-refractivity contribution in [3.05, 3.63) is 65.5 Å². The molecule has 0 N–H and O–H groups in total. The minimum absolute atomic E-state index is 0.158. The molecule has 0 atom stereocenters. The Morgan fingerprint density at radius 2 is 1.88 bits per heavy atom. The van der Waals surface area contributed by atoms with Crippen molar-refractivity contribution >= 4 is 5.69 Å². The molecule has 3 aromatic heterocycles. The molecule has 0 saturated heterocycles. The second kappa shape index (κ2) is 10.6. The molecule has 1 aliphatic rings. The molecule has 4 aromatic rings. The molecule has 0 bridgehead atoms. The summed E-state index contributed by atoms with van der Waals surface area (Å²) in [5, 5.41) is 18.2. The van der Waals surface area contributed by atoms with Gasteiger partial charge in [-0.15, -0.1) is 10.2 Å². The molecule has 40 heavy (non-hydrogen) atoms. The number of imidazole rings is 1. The van der Waals surface area contributed by atoms with E-state index in [0.29, 0.717) is 40.9 Å². The van der Waals surface area contributed by atoms with Crippen LogP contribution < -0.4 is 9.64 Å². The first-order chi connectivity index (χ1) is 19.1. The molecule has 0 radical (unpaired) electrons. The molecule has 206 valence electrons. The first kappa shape index (κ1) is 27.1. The summed E-state index contributed by atoms with van der Waals surface area (Å²) in [6.45, 7) is 4.02. The Kier molecular flexibility index (Phi) is 7.14. The van der Waals surface area contributed by atoms with Crippen LogP contribution in [0.3, 0.4) is 0 Å². The second-order valence-corrected chi connectivity index (χ2v) is 9.99. The molecule has 1 fully saturated rings. The van der Waals surface area contributed by atoms with Gasteiger partial charge in [-0.25, -0.2) is 15.0 Å². The maximum absolute atomic E-state index is 13.3. The van der Waals surface area contributed by atoms with Crippen molar-refractivity contribution in [2.24, 2.45) is 0 Å². The molecule has 12 heteroatoms. The molecular weight excluding hydrogens is 521 g/mol. The van der Waals surface area contributed by atoms with Crippen LogP contribution in [0.4, 0.5) is 18.9 Å². The van der Waals surface area contributed by atoms with Gasteiger partial charge in [0.1, 0.15) is 23.9 Å². The maximum Gasteiger partial charge on any atom is 0.434 e. The van der Waals surface area contributed by atoms with E-state index in [-0.39, 0.29) is 17.6 Å². The molecule has 5 rings (SSSR count). The van der Waals surface area contributed by atoms with E-state index < -0.39 is 11.9 Å². The van der Waals surface area contributed by atoms with Gasteiger partial charge in [0.05, 0.1) is 24.1 Å². The zero-order valence-corrected chi connectivity index (χ0v) is 22.4. The smallest absolute Gasteiger partial charge is 0.434 e. The lowest BCUT2D eigenvalue weighted by molar-refractivity contribution is -0.140. The second-order valence-electron chi connectivity index (χ2n) is 9.99. The van der Waals surface area contributed by atoms with Crippen molar-refractivity contribution in [3.63, 3.8) is 0 Å². The average Bonchev–Trinajstić information content (AvgIpc) is 3.68. The fourth-order valence-corrected chi connectivity index (χ4v) is 4.57. The monoisotopic (exact) mass is 548 g/mol. The Morgan fingerprint density at radius 3 is 2.48 bits per heavy atom. The van der Waals surface area contributed by atoms with E-state index in [1.807, 2.05) is 37.9 Å². The fraction of sp³-hybridized carbons (Fsp3) is 0.357. The van der Waals surface area contributed by atoms with E-state index in [1.165, 1.54) is 18.0 Å². The van der Waals surface area contributed by atoms with Crippen molar-refractivity contribution in [3.8, 4) is 34.6 Å². The Balaban J connectivity index is 1.44. The highest BCUT2D eigenvalue weighted by atomic mass is 19.4. The summed E-state index contributed by atoms with van der Waals surface area (Å²) in [5.41, 5.74) is 3.29. The van der Waals surface area contributed by atoms with Crippen LogP contribution in [0.2, 0.25) is 0 Å². The number of benzene rings is 1. The van der Waals surface area contributed by atoms with Gasteiger partial charge in [-0.05, 0) is 38.3 Å². The van der Waals surface area contributed by atoms with Gasteiger partial charge in [-0.3, -0.25) is 0 Å². The number of aromatic nitrogens is 6. The van der Waals surface area contributed by atoms with Crippen LogP contribution in [0.1, 0.15) is 61.3 Å². The van der Waals surface area contributed by atoms with Gasteiger partial charge in [0.25, 0.3) is 0 Å². The van der Waals surface area contributed by atoms with Gasteiger partial charge in [0, 0.05) is 37.3 Å². The van der Waals surface area contributed by atoms with Gasteiger partial charge >= 0.3 is 6.18 Å². The lowest BCUT2D eigenvalue weighted by Gasteiger charge is -2.21. The number of alkyl halides is 3. The number of methoxy groups -OCH3 is 1. The van der Waals surface area contributed by atoms with Crippen molar-refractivity contribution in [2.75, 3.05) is 19.1 Å². The topological polar surface area (TPSA) is 106 Å². The third-order valence-corrected chi connectivity index (χ3v) is 6.76. The van der Waals surface area contributed by atoms with Crippen LogP contribution in [0.25, 0.3) is 22.6 Å². The largest absolute Gasteiger partial charge is 0.480 e. The molecule has 1 saturated carbocycles. The van der Waals surface area contributed by atoms with Crippen LogP contribution in [0.15, 0.2) is 42.9 Å². The lowest BCUT2D eigenvalue weighted by Crippen LogP contribution is -2.19. The lowest BCUT2D eigenvalue weighted by atomic mass is 10.1. The highest BCUT2D eigenvalue weighted by molar-refractivity contribution is 5.73. The normalized spacial score (nSPS) is 13.4. The summed E-state index contributed by atoms with van der Waals surface area (Å²) < 4.78 is 46.9. The summed E-state index contributed by atoms with van der Waals surface area (Å²) in [6, 6.07) is 10.9. The summed E-state index contributed by atoms with van der Waals surface area (Å²) in [4.78, 5) is 14.5. The molecule has 0 aliphatic heterocycles. The molecule has 0 unspecified atom stereocenters. The van der Waals surface area contributed by atoms with Crippen LogP contribution in [-0.4, -0.2) is 43.9 Å². The Hall–Kier alpha value is -4.53. The Morgan fingerprint density at radius 1 is 1.15 bits per heavy atom. The number of anilines is 1. The molecule has 0 amide bonds. The zero-order valence-electron chi connectivity index (χ0n) is 22.4. The Labute approximate surface area is 229 Å². The van der Waals surface area contributed by atoms with E-state index in [0.717, 1.165) is 30.3 Å². The van der Waals surface area contributed by atoms with Crippen LogP contribution in [0, 0.1) is 11.3 Å². The summed E-state index contributed by atoms with van der Waals surface area (Å²) in [6.07, 6.45) is 0.0354. The van der Waals surface area contributed by atoms with E-state index in [4.69, 9.17) is 4.74 Å². The van der Waals surface area contributed by atoms with Crippen LogP contribution in [-0.2, 0) is 12.7 Å². The summed E-state index contributed by atoms with van der Waals surface area (Å²) >= 11 is 0. The van der Waals surface area contributed by atoms with Crippen molar-refractivity contribution < 1.29 is 17.9 Å². The van der Waals surface area contributed by atoms with Crippen molar-refractivity contribution in [2.45, 2.75) is 51.4 Å². The van der Waals surface area contributed by atoms with Gasteiger partial charge < -0.3 is 14.2 Å². The first-order valence-corrected chi connectivity index (χ1v) is 12.7. The number of hydrogen-bond donors (Lipinski definition) is 0. The number of halogens is 3. The fourth-order valence-electron chi connectivity index (χ4n) is 4.57. The number of rotatable bonds is 8. The first-order valence-electron chi connectivity index (χ1n) is 12.7. The van der Waals surface area contributed by atoms with E-state index in [1.54, 1.807) is 18.2 Å². The van der Waals surface area contributed by atoms with Crippen molar-refractivity contribution in [1.29, 1.82) is 5.26 Å². The zero-order chi connectivity index (χ0) is 28.6.